The maximum Gasteiger partial charge on any atom is 0.221 e. The zero-order valence-corrected chi connectivity index (χ0v) is 14.9. The van der Waals surface area contributed by atoms with Gasteiger partial charge in [0.15, 0.2) is 0 Å². The van der Waals surface area contributed by atoms with Crippen LogP contribution in [0.25, 0.3) is 0 Å². The van der Waals surface area contributed by atoms with Gasteiger partial charge in [0.05, 0.1) is 12.3 Å². The molecule has 0 aliphatic carbocycles. The van der Waals surface area contributed by atoms with Crippen molar-refractivity contribution in [3.05, 3.63) is 34.9 Å². The summed E-state index contributed by atoms with van der Waals surface area (Å²) in [5, 5.41) is 3.31. The Balaban J connectivity index is 2.62. The van der Waals surface area contributed by atoms with Crippen LogP contribution in [0.2, 0.25) is 5.02 Å². The van der Waals surface area contributed by atoms with Gasteiger partial charge in [0.1, 0.15) is 0 Å². The van der Waals surface area contributed by atoms with E-state index in [4.69, 9.17) is 16.3 Å². The van der Waals surface area contributed by atoms with E-state index in [0.717, 1.165) is 6.26 Å². The van der Waals surface area contributed by atoms with Crippen molar-refractivity contribution in [2.45, 2.75) is 25.8 Å². The van der Waals surface area contributed by atoms with Gasteiger partial charge in [-0.15, -0.1) is 0 Å². The zero-order chi connectivity index (χ0) is 17.3. The van der Waals surface area contributed by atoms with Gasteiger partial charge in [0.25, 0.3) is 0 Å². The molecular formula is C15H23ClN2O4S. The van der Waals surface area contributed by atoms with E-state index in [1.54, 1.807) is 24.3 Å². The van der Waals surface area contributed by atoms with E-state index >= 15 is 0 Å². The molecule has 0 radical (unpaired) electrons. The summed E-state index contributed by atoms with van der Waals surface area (Å²) in [4.78, 5) is 12.0. The highest BCUT2D eigenvalue weighted by Gasteiger charge is 2.19. The van der Waals surface area contributed by atoms with Crippen molar-refractivity contribution in [2.24, 2.45) is 0 Å². The number of amides is 1. The van der Waals surface area contributed by atoms with Crippen molar-refractivity contribution in [1.29, 1.82) is 0 Å². The Morgan fingerprint density at radius 2 is 1.96 bits per heavy atom. The minimum absolute atomic E-state index is 0.0172. The molecule has 0 spiro atoms. The molecule has 0 aliphatic rings. The molecule has 2 N–H and O–H groups in total. The molecule has 0 aliphatic heterocycles. The number of sulfonamides is 1. The maximum absolute atomic E-state index is 12.0. The van der Waals surface area contributed by atoms with E-state index in [0.29, 0.717) is 36.8 Å². The fraction of sp³-hybridized carbons (Fsp3) is 0.533. The van der Waals surface area contributed by atoms with Crippen LogP contribution in [0.15, 0.2) is 24.3 Å². The number of hydrogen-bond acceptors (Lipinski definition) is 4. The van der Waals surface area contributed by atoms with E-state index in [-0.39, 0.29) is 12.3 Å². The van der Waals surface area contributed by atoms with Gasteiger partial charge in [0, 0.05) is 31.2 Å². The highest BCUT2D eigenvalue weighted by molar-refractivity contribution is 7.88. The Bertz CT molecular complexity index is 590. The van der Waals surface area contributed by atoms with Gasteiger partial charge in [-0.2, -0.15) is 0 Å². The van der Waals surface area contributed by atoms with Crippen LogP contribution in [-0.4, -0.2) is 40.3 Å². The Labute approximate surface area is 142 Å². The molecule has 6 nitrogen and oxygen atoms in total. The molecule has 1 aromatic rings. The van der Waals surface area contributed by atoms with E-state index < -0.39 is 16.1 Å². The number of rotatable bonds is 10. The molecule has 0 fully saturated rings. The van der Waals surface area contributed by atoms with E-state index in [1.807, 2.05) is 6.92 Å². The summed E-state index contributed by atoms with van der Waals surface area (Å²) in [7, 11) is -3.44. The molecule has 1 amide bonds. The van der Waals surface area contributed by atoms with Gasteiger partial charge in [-0.1, -0.05) is 23.7 Å². The molecule has 1 aromatic carbocycles. The third kappa shape index (κ3) is 8.90. The molecule has 1 atom stereocenters. The first-order valence-electron chi connectivity index (χ1n) is 7.39. The largest absolute Gasteiger partial charge is 0.382 e. The Morgan fingerprint density at radius 3 is 2.52 bits per heavy atom. The van der Waals surface area contributed by atoms with Crippen LogP contribution in [0, 0.1) is 0 Å². The van der Waals surface area contributed by atoms with E-state index in [9.17, 15) is 13.2 Å². The molecule has 0 aromatic heterocycles. The Kier molecular flexibility index (Phi) is 8.54. The number of hydrogen-bond donors (Lipinski definition) is 2. The van der Waals surface area contributed by atoms with Crippen molar-refractivity contribution >= 4 is 27.5 Å². The first-order chi connectivity index (χ1) is 10.8. The summed E-state index contributed by atoms with van der Waals surface area (Å²) in [6.07, 6.45) is 1.80. The van der Waals surface area contributed by atoms with Crippen LogP contribution in [0.4, 0.5) is 0 Å². The number of carbonyl (C=O) groups is 1. The van der Waals surface area contributed by atoms with Crippen LogP contribution in [0.3, 0.4) is 0 Å². The lowest BCUT2D eigenvalue weighted by molar-refractivity contribution is -0.121. The summed E-state index contributed by atoms with van der Waals surface area (Å²) < 4.78 is 30.7. The lowest BCUT2D eigenvalue weighted by Gasteiger charge is -2.18. The first kappa shape index (κ1) is 19.9. The van der Waals surface area contributed by atoms with Crippen molar-refractivity contribution < 1.29 is 17.9 Å². The average molecular weight is 363 g/mol. The molecule has 0 heterocycles. The first-order valence-corrected chi connectivity index (χ1v) is 9.66. The van der Waals surface area contributed by atoms with Crippen LogP contribution in [0.5, 0.6) is 0 Å². The highest BCUT2D eigenvalue weighted by Crippen LogP contribution is 2.20. The number of carbonyl (C=O) groups excluding carboxylic acids is 1. The van der Waals surface area contributed by atoms with Crippen molar-refractivity contribution in [3.63, 3.8) is 0 Å². The second kappa shape index (κ2) is 9.87. The predicted octanol–water partition coefficient (Wildman–Crippen LogP) is 1.86. The number of nitrogens with one attached hydrogen (secondary N) is 2. The standard InChI is InChI=1S/C15H23ClN2O4S/c1-3-22-10-4-9-17-15(19)11-14(18-23(2,20)21)12-5-7-13(16)8-6-12/h5-8,14,18H,3-4,9-11H2,1-2H3,(H,17,19)/t14-/m0/s1. The van der Waals surface area contributed by atoms with Gasteiger partial charge in [-0.3, -0.25) is 4.79 Å². The fourth-order valence-corrected chi connectivity index (χ4v) is 2.85. The summed E-state index contributed by atoms with van der Waals surface area (Å²) in [5.41, 5.74) is 0.685. The van der Waals surface area contributed by atoms with Crippen LogP contribution in [0.1, 0.15) is 31.4 Å². The molecule has 0 saturated carbocycles. The van der Waals surface area contributed by atoms with Crippen LogP contribution in [-0.2, 0) is 19.6 Å². The SMILES string of the molecule is CCOCCCNC(=O)C[C@H](NS(C)(=O)=O)c1ccc(Cl)cc1. The molecule has 0 saturated heterocycles. The summed E-state index contributed by atoms with van der Waals surface area (Å²) in [6.45, 7) is 3.63. The lowest BCUT2D eigenvalue weighted by Crippen LogP contribution is -2.33. The maximum atomic E-state index is 12.0. The molecule has 130 valence electrons. The summed E-state index contributed by atoms with van der Waals surface area (Å²) >= 11 is 5.84. The average Bonchev–Trinajstić information content (AvgIpc) is 2.45. The van der Waals surface area contributed by atoms with Crippen molar-refractivity contribution in [2.75, 3.05) is 26.0 Å². The normalized spacial score (nSPS) is 12.8. The fourth-order valence-electron chi connectivity index (χ4n) is 1.99. The van der Waals surface area contributed by atoms with Gasteiger partial charge in [-0.25, -0.2) is 13.1 Å². The van der Waals surface area contributed by atoms with Gasteiger partial charge < -0.3 is 10.1 Å². The Hall–Kier alpha value is -1.15. The number of benzene rings is 1. The van der Waals surface area contributed by atoms with E-state index in [2.05, 4.69) is 10.0 Å². The third-order valence-corrected chi connectivity index (χ3v) is 3.97. The number of halogens is 1. The molecule has 1 rings (SSSR count). The molecule has 8 heteroatoms. The van der Waals surface area contributed by atoms with Gasteiger partial charge in [-0.05, 0) is 31.0 Å². The molecule has 23 heavy (non-hydrogen) atoms. The van der Waals surface area contributed by atoms with Crippen molar-refractivity contribution in [1.82, 2.24) is 10.0 Å². The minimum atomic E-state index is -3.44. The molecular weight excluding hydrogens is 340 g/mol. The van der Waals surface area contributed by atoms with Crippen molar-refractivity contribution in [3.8, 4) is 0 Å². The second-order valence-corrected chi connectivity index (χ2v) is 7.32. The molecule has 0 bridgehead atoms. The highest BCUT2D eigenvalue weighted by atomic mass is 35.5. The zero-order valence-electron chi connectivity index (χ0n) is 13.3. The summed E-state index contributed by atoms with van der Waals surface area (Å²) in [5.74, 6) is -0.224. The minimum Gasteiger partial charge on any atom is -0.382 e. The smallest absolute Gasteiger partial charge is 0.221 e. The van der Waals surface area contributed by atoms with E-state index in [1.165, 1.54) is 0 Å². The predicted molar refractivity (Wildman–Crippen MR) is 90.9 cm³/mol. The topological polar surface area (TPSA) is 84.5 Å². The summed E-state index contributed by atoms with van der Waals surface area (Å²) in [6, 6.07) is 6.09. The Morgan fingerprint density at radius 1 is 1.30 bits per heavy atom. The van der Waals surface area contributed by atoms with Crippen LogP contribution >= 0.6 is 11.6 Å². The quantitative estimate of drug-likeness (QED) is 0.622. The lowest BCUT2D eigenvalue weighted by atomic mass is 10.0. The number of ether oxygens (including phenoxy) is 1. The second-order valence-electron chi connectivity index (χ2n) is 5.10. The van der Waals surface area contributed by atoms with Crippen LogP contribution < -0.4 is 10.0 Å². The monoisotopic (exact) mass is 362 g/mol. The van der Waals surface area contributed by atoms with Gasteiger partial charge >= 0.3 is 0 Å². The third-order valence-electron chi connectivity index (χ3n) is 3.01. The van der Waals surface area contributed by atoms with Gasteiger partial charge in [0.2, 0.25) is 15.9 Å². The molecule has 0 unspecified atom stereocenters.